The Bertz CT molecular complexity index is 1270. The molecule has 1 aliphatic heterocycles. The molecule has 21 heteroatoms. The van der Waals surface area contributed by atoms with Gasteiger partial charge in [0.1, 0.15) is 12.2 Å². The molecule has 34 heavy (non-hydrogen) atoms. The van der Waals surface area contributed by atoms with Gasteiger partial charge in [0, 0.05) is 0 Å². The zero-order valence-corrected chi connectivity index (χ0v) is 19.5. The van der Waals surface area contributed by atoms with Gasteiger partial charge >= 0.3 is 29.2 Å². The molecular formula is C13H17F2N2O14P3. The van der Waals surface area contributed by atoms with Crippen LogP contribution in [0.25, 0.3) is 0 Å². The van der Waals surface area contributed by atoms with E-state index in [4.69, 9.17) is 14.5 Å². The molecule has 0 aromatic carbocycles. The van der Waals surface area contributed by atoms with E-state index in [0.29, 0.717) is 0 Å². The summed E-state index contributed by atoms with van der Waals surface area (Å²) < 4.78 is 80.4. The first-order valence-electron chi connectivity index (χ1n) is 8.61. The lowest BCUT2D eigenvalue weighted by atomic mass is 9.94. The van der Waals surface area contributed by atoms with Crippen LogP contribution in [0, 0.1) is 17.7 Å². The summed E-state index contributed by atoms with van der Waals surface area (Å²) in [5.74, 6) is 2.49. The Morgan fingerprint density at radius 2 is 1.79 bits per heavy atom. The SMILES string of the molecule is CC#CC1(F)[C@@H](O)[C@@H]([C@@H](C)OP(=O)(O)OP(=O)(O)OP(=O)(O)O)O[C@H]1n1cc(F)c(=O)[nH]c1=O. The summed E-state index contributed by atoms with van der Waals surface area (Å²) in [6.45, 7) is 1.99. The smallest absolute Gasteiger partial charge is 0.386 e. The Hall–Kier alpha value is -1.57. The van der Waals surface area contributed by atoms with Gasteiger partial charge in [0.2, 0.25) is 11.5 Å². The minimum Gasteiger partial charge on any atom is -0.386 e. The third-order valence-corrected chi connectivity index (χ3v) is 7.98. The number of alkyl halides is 1. The normalized spacial score (nSPS) is 29.5. The number of nitrogens with zero attached hydrogens (tertiary/aromatic N) is 1. The van der Waals surface area contributed by atoms with Gasteiger partial charge < -0.3 is 29.4 Å². The fraction of sp³-hybridized carbons (Fsp3) is 0.538. The number of aliphatic hydroxyl groups excluding tert-OH is 1. The van der Waals surface area contributed by atoms with Gasteiger partial charge in [0.25, 0.3) is 5.56 Å². The number of hydrogen-bond acceptors (Lipinski definition) is 10. The summed E-state index contributed by atoms with van der Waals surface area (Å²) >= 11 is 0. The van der Waals surface area contributed by atoms with Gasteiger partial charge in [-0.05, 0) is 13.8 Å². The number of halogens is 2. The number of aliphatic hydroxyl groups is 1. The Morgan fingerprint density at radius 1 is 1.21 bits per heavy atom. The Kier molecular flexibility index (Phi) is 8.28. The number of ether oxygens (including phenoxy) is 1. The summed E-state index contributed by atoms with van der Waals surface area (Å²) in [5, 5.41) is 10.4. The highest BCUT2D eigenvalue weighted by Gasteiger charge is 2.60. The number of phosphoric ester groups is 1. The van der Waals surface area contributed by atoms with Gasteiger partial charge in [-0.25, -0.2) is 22.9 Å². The summed E-state index contributed by atoms with van der Waals surface area (Å²) in [6.07, 6.45) is -8.23. The largest absolute Gasteiger partial charge is 0.490 e. The Balaban J connectivity index is 2.36. The number of aromatic amines is 1. The van der Waals surface area contributed by atoms with Crippen LogP contribution in [0.1, 0.15) is 20.1 Å². The van der Waals surface area contributed by atoms with E-state index in [-0.39, 0.29) is 10.8 Å². The van der Waals surface area contributed by atoms with E-state index < -0.39 is 70.7 Å². The van der Waals surface area contributed by atoms with Crippen molar-refractivity contribution in [1.82, 2.24) is 9.55 Å². The second-order valence-electron chi connectivity index (χ2n) is 6.59. The standard InChI is InChI=1S/C13H17F2N2O14P3/c1-3-4-13(15)9(18)8(28-11(13)17-5-7(14)10(19)16-12(17)20)6(2)29-33(24,25)31-34(26,27)30-32(21,22)23/h5-6,8-9,11,18H,1-2H3,(H,24,25)(H,26,27)(H,16,19,20)(H2,21,22,23)/t6-,8-,9+,11-,13?/m1/s1. The molecule has 1 saturated heterocycles. The second kappa shape index (κ2) is 9.82. The Labute approximate surface area is 187 Å². The predicted molar refractivity (Wildman–Crippen MR) is 103 cm³/mol. The second-order valence-corrected chi connectivity index (χ2v) is 11.0. The fourth-order valence-corrected chi connectivity index (χ4v) is 6.07. The van der Waals surface area contributed by atoms with Crippen molar-refractivity contribution in [1.29, 1.82) is 0 Å². The van der Waals surface area contributed by atoms with Crippen LogP contribution in [-0.4, -0.2) is 58.2 Å². The van der Waals surface area contributed by atoms with E-state index in [9.17, 15) is 42.6 Å². The van der Waals surface area contributed by atoms with Gasteiger partial charge in [0.15, 0.2) is 6.23 Å². The van der Waals surface area contributed by atoms with Crippen LogP contribution in [-0.2, 0) is 31.6 Å². The van der Waals surface area contributed by atoms with Crippen LogP contribution in [0.4, 0.5) is 8.78 Å². The molecule has 16 nitrogen and oxygen atoms in total. The van der Waals surface area contributed by atoms with E-state index in [1.54, 1.807) is 0 Å². The maximum absolute atomic E-state index is 15.6. The molecule has 0 radical (unpaired) electrons. The van der Waals surface area contributed by atoms with Gasteiger partial charge in [-0.2, -0.15) is 13.0 Å². The highest BCUT2D eigenvalue weighted by atomic mass is 31.3. The first-order chi connectivity index (χ1) is 15.3. The third-order valence-electron chi connectivity index (χ3n) is 4.06. The molecule has 1 aromatic heterocycles. The van der Waals surface area contributed by atoms with Gasteiger partial charge in [-0.15, -0.1) is 5.92 Å². The van der Waals surface area contributed by atoms with Crippen LogP contribution in [0.2, 0.25) is 0 Å². The zero-order chi connectivity index (χ0) is 26.3. The monoisotopic (exact) mass is 556 g/mol. The average Bonchev–Trinajstić information content (AvgIpc) is 2.86. The van der Waals surface area contributed by atoms with Crippen LogP contribution < -0.4 is 11.2 Å². The molecule has 6 N–H and O–H groups in total. The number of hydrogen-bond donors (Lipinski definition) is 6. The lowest BCUT2D eigenvalue weighted by molar-refractivity contribution is -0.0783. The van der Waals surface area contributed by atoms with Crippen LogP contribution in [0.5, 0.6) is 0 Å². The molecule has 2 heterocycles. The van der Waals surface area contributed by atoms with Crippen LogP contribution in [0.3, 0.4) is 0 Å². The van der Waals surface area contributed by atoms with E-state index in [0.717, 1.165) is 13.8 Å². The molecule has 1 fully saturated rings. The molecule has 0 spiro atoms. The highest BCUT2D eigenvalue weighted by Crippen LogP contribution is 2.66. The molecule has 192 valence electrons. The lowest BCUT2D eigenvalue weighted by Gasteiger charge is -2.25. The number of rotatable bonds is 8. The fourth-order valence-electron chi connectivity index (χ4n) is 2.87. The van der Waals surface area contributed by atoms with E-state index in [2.05, 4.69) is 19.1 Å². The van der Waals surface area contributed by atoms with Gasteiger partial charge in [-0.1, -0.05) is 5.92 Å². The van der Waals surface area contributed by atoms with Crippen LogP contribution >= 0.6 is 23.5 Å². The molecule has 1 aliphatic rings. The van der Waals surface area contributed by atoms with Gasteiger partial charge in [-0.3, -0.25) is 18.9 Å². The van der Waals surface area contributed by atoms with E-state index in [1.165, 1.54) is 4.98 Å². The minimum atomic E-state index is -5.87. The molecule has 0 saturated carbocycles. The summed E-state index contributed by atoms with van der Waals surface area (Å²) in [5.41, 5.74) is -5.99. The summed E-state index contributed by atoms with van der Waals surface area (Å²) in [7, 11) is -17.2. The Morgan fingerprint density at radius 3 is 2.32 bits per heavy atom. The molecule has 0 bridgehead atoms. The molecule has 0 aliphatic carbocycles. The maximum Gasteiger partial charge on any atom is 0.490 e. The van der Waals surface area contributed by atoms with Crippen LogP contribution in [0.15, 0.2) is 15.8 Å². The first-order valence-corrected chi connectivity index (χ1v) is 13.1. The first kappa shape index (κ1) is 28.7. The van der Waals surface area contributed by atoms with Crippen molar-refractivity contribution < 1.29 is 65.0 Å². The topological polar surface area (TPSA) is 244 Å². The molecule has 0 amide bonds. The lowest BCUT2D eigenvalue weighted by Crippen LogP contribution is -2.46. The number of phosphoric acid groups is 3. The molecular weight excluding hydrogens is 539 g/mol. The van der Waals surface area contributed by atoms with Crippen molar-refractivity contribution in [2.24, 2.45) is 0 Å². The number of aromatic nitrogens is 2. The van der Waals surface area contributed by atoms with Crippen molar-refractivity contribution in [3.63, 3.8) is 0 Å². The quantitative estimate of drug-likeness (QED) is 0.173. The summed E-state index contributed by atoms with van der Waals surface area (Å²) in [6, 6.07) is 0. The third kappa shape index (κ3) is 6.55. The molecule has 3 unspecified atom stereocenters. The number of H-pyrrole nitrogens is 1. The minimum absolute atomic E-state index is 0.210. The zero-order valence-electron chi connectivity index (χ0n) is 16.8. The predicted octanol–water partition coefficient (Wildman–Crippen LogP) is -0.603. The van der Waals surface area contributed by atoms with E-state index in [1.807, 2.05) is 5.92 Å². The molecule has 2 rings (SSSR count). The van der Waals surface area contributed by atoms with Gasteiger partial charge in [0.05, 0.1) is 12.3 Å². The molecule has 1 aromatic rings. The average molecular weight is 556 g/mol. The maximum atomic E-state index is 15.6. The van der Waals surface area contributed by atoms with Crippen molar-refractivity contribution in [3.05, 3.63) is 32.9 Å². The summed E-state index contributed by atoms with van der Waals surface area (Å²) in [4.78, 5) is 60.7. The van der Waals surface area contributed by atoms with Crippen molar-refractivity contribution in [2.45, 2.75) is 44.1 Å². The highest BCUT2D eigenvalue weighted by molar-refractivity contribution is 7.66. The van der Waals surface area contributed by atoms with Crippen molar-refractivity contribution >= 4 is 23.5 Å². The van der Waals surface area contributed by atoms with Crippen molar-refractivity contribution in [3.8, 4) is 11.8 Å². The molecule has 7 atom stereocenters. The van der Waals surface area contributed by atoms with E-state index >= 15 is 4.39 Å². The van der Waals surface area contributed by atoms with Crippen molar-refractivity contribution in [2.75, 3.05) is 0 Å². The number of nitrogens with one attached hydrogen (secondary N) is 1.